The van der Waals surface area contributed by atoms with Gasteiger partial charge in [0.1, 0.15) is 18.3 Å². The highest BCUT2D eigenvalue weighted by Gasteiger charge is 2.44. The van der Waals surface area contributed by atoms with Gasteiger partial charge in [0.05, 0.1) is 13.2 Å². The fourth-order valence-electron chi connectivity index (χ4n) is 4.06. The Morgan fingerprint density at radius 3 is 1.78 bits per heavy atom. The van der Waals surface area contributed by atoms with Gasteiger partial charge in [-0.05, 0) is 6.42 Å². The number of aliphatic hydroxyl groups excluding tert-OH is 3. The normalized spacial score (nSPS) is 22.2. The number of esters is 1. The van der Waals surface area contributed by atoms with Gasteiger partial charge in [0.15, 0.2) is 6.10 Å². The molecule has 1 aliphatic heterocycles. The van der Waals surface area contributed by atoms with Crippen LogP contribution in [-0.4, -0.2) is 74.9 Å². The van der Waals surface area contributed by atoms with Crippen molar-refractivity contribution in [3.63, 3.8) is 0 Å². The molecule has 8 nitrogen and oxygen atoms in total. The van der Waals surface area contributed by atoms with Crippen molar-refractivity contribution in [1.82, 2.24) is 0 Å². The first-order valence-corrected chi connectivity index (χ1v) is 12.6. The average molecular weight is 463 g/mol. The third-order valence-electron chi connectivity index (χ3n) is 6.20. The molecule has 1 rings (SSSR count). The number of hydrogen-bond acceptors (Lipinski definition) is 8. The fourth-order valence-corrected chi connectivity index (χ4v) is 4.06. The van der Waals surface area contributed by atoms with Gasteiger partial charge in [-0.1, -0.05) is 90.4 Å². The predicted molar refractivity (Wildman–Crippen MR) is 121 cm³/mol. The van der Waals surface area contributed by atoms with E-state index in [-0.39, 0.29) is 13.0 Å². The predicted octanol–water partition coefficient (Wildman–Crippen LogP) is 2.56. The first-order chi connectivity index (χ1) is 15.3. The minimum Gasteiger partial charge on any atom is -0.453 e. The summed E-state index contributed by atoms with van der Waals surface area (Å²) < 4.78 is 10.1. The maximum atomic E-state index is 12.1. The van der Waals surface area contributed by atoms with Crippen LogP contribution in [0.1, 0.15) is 103 Å². The Bertz CT molecular complexity index is 485. The van der Waals surface area contributed by atoms with E-state index in [1.807, 2.05) is 0 Å². The molecule has 0 amide bonds. The minimum absolute atomic E-state index is 0.150. The van der Waals surface area contributed by atoms with Gasteiger partial charge in [-0.3, -0.25) is 0 Å². The van der Waals surface area contributed by atoms with Crippen molar-refractivity contribution in [3.8, 4) is 0 Å². The molecular formula is C24H46O8. The molecule has 1 fully saturated rings. The second-order valence-electron chi connectivity index (χ2n) is 9.15. The summed E-state index contributed by atoms with van der Waals surface area (Å²) in [7, 11) is 0. The first-order valence-electron chi connectivity index (χ1n) is 12.6. The van der Waals surface area contributed by atoms with E-state index in [1.165, 1.54) is 64.2 Å². The number of unbranched alkanes of at least 4 members (excludes halogenated alkanes) is 13. The van der Waals surface area contributed by atoms with Gasteiger partial charge in [0, 0.05) is 6.42 Å². The first kappa shape index (κ1) is 29.3. The van der Waals surface area contributed by atoms with E-state index in [2.05, 4.69) is 6.92 Å². The van der Waals surface area contributed by atoms with Gasteiger partial charge in [0.2, 0.25) is 0 Å². The summed E-state index contributed by atoms with van der Waals surface area (Å²) in [5, 5.41) is 48.8. The zero-order valence-electron chi connectivity index (χ0n) is 19.8. The van der Waals surface area contributed by atoms with Crippen LogP contribution in [0.3, 0.4) is 0 Å². The van der Waals surface area contributed by atoms with Gasteiger partial charge in [0.25, 0.3) is 5.79 Å². The maximum absolute atomic E-state index is 12.1. The topological polar surface area (TPSA) is 137 Å². The van der Waals surface area contributed by atoms with Crippen LogP contribution in [0.5, 0.6) is 0 Å². The molecule has 1 heterocycles. The molecular weight excluding hydrogens is 416 g/mol. The Balaban J connectivity index is 2.08. The Morgan fingerprint density at radius 1 is 0.906 bits per heavy atom. The summed E-state index contributed by atoms with van der Waals surface area (Å²) in [6.07, 6.45) is 11.3. The highest BCUT2D eigenvalue weighted by Crippen LogP contribution is 2.22. The van der Waals surface area contributed by atoms with Gasteiger partial charge in [-0.25, -0.2) is 4.79 Å². The quantitative estimate of drug-likeness (QED) is 0.112. The molecule has 1 aliphatic rings. The van der Waals surface area contributed by atoms with Gasteiger partial charge in [-0.2, -0.15) is 0 Å². The molecule has 0 aromatic heterocycles. The van der Waals surface area contributed by atoms with E-state index < -0.39 is 42.8 Å². The average Bonchev–Trinajstić information content (AvgIpc) is 3.10. The Hall–Kier alpha value is -0.770. The van der Waals surface area contributed by atoms with Gasteiger partial charge in [-0.15, -0.1) is 0 Å². The van der Waals surface area contributed by atoms with Crippen LogP contribution in [0, 0.1) is 0 Å². The van der Waals surface area contributed by atoms with E-state index >= 15 is 0 Å². The van der Waals surface area contributed by atoms with Crippen molar-refractivity contribution in [2.24, 2.45) is 0 Å². The summed E-state index contributed by atoms with van der Waals surface area (Å²) in [5.74, 6) is -3.95. The van der Waals surface area contributed by atoms with Crippen molar-refractivity contribution >= 4 is 5.97 Å². The lowest BCUT2D eigenvalue weighted by Crippen LogP contribution is -2.48. The highest BCUT2D eigenvalue weighted by molar-refractivity contribution is 5.77. The number of ether oxygens (including phenoxy) is 2. The highest BCUT2D eigenvalue weighted by atomic mass is 16.6. The van der Waals surface area contributed by atoms with Crippen LogP contribution in [0.15, 0.2) is 0 Å². The number of carbonyl (C=O) groups is 1. The number of aliphatic hydroxyl groups is 5. The molecule has 5 N–H and O–H groups in total. The van der Waals surface area contributed by atoms with E-state index in [9.17, 15) is 30.3 Å². The largest absolute Gasteiger partial charge is 0.453 e. The standard InChI is InChI=1S/C24H46O8/c1-2-3-4-5-6-7-8-9-10-11-12-13-14-15-16-24(29,30)23(28)32-20(17-25)22-21(27)19(26)18-31-22/h19-22,25-27,29-30H,2-18H2,1H3/t19-,20+,21+,22+/m0/s1. The zero-order valence-corrected chi connectivity index (χ0v) is 19.8. The smallest absolute Gasteiger partial charge is 0.366 e. The molecule has 190 valence electrons. The lowest BCUT2D eigenvalue weighted by atomic mass is 10.0. The number of carbonyl (C=O) groups excluding carboxylic acids is 1. The van der Waals surface area contributed by atoms with Crippen molar-refractivity contribution in [3.05, 3.63) is 0 Å². The molecule has 1 saturated heterocycles. The van der Waals surface area contributed by atoms with E-state index in [0.29, 0.717) is 6.42 Å². The molecule has 0 radical (unpaired) electrons. The Labute approximate surface area is 192 Å². The summed E-state index contributed by atoms with van der Waals surface area (Å²) in [6, 6.07) is 0. The van der Waals surface area contributed by atoms with Crippen LogP contribution in [-0.2, 0) is 14.3 Å². The summed E-state index contributed by atoms with van der Waals surface area (Å²) >= 11 is 0. The van der Waals surface area contributed by atoms with E-state index in [1.54, 1.807) is 0 Å². The Kier molecular flexibility index (Phi) is 15.3. The van der Waals surface area contributed by atoms with E-state index in [4.69, 9.17) is 9.47 Å². The number of rotatable bonds is 19. The second-order valence-corrected chi connectivity index (χ2v) is 9.15. The monoisotopic (exact) mass is 462 g/mol. The van der Waals surface area contributed by atoms with Crippen molar-refractivity contribution in [2.45, 2.75) is 133 Å². The zero-order chi connectivity index (χ0) is 23.8. The van der Waals surface area contributed by atoms with Crippen LogP contribution in [0.25, 0.3) is 0 Å². The summed E-state index contributed by atoms with van der Waals surface area (Å²) in [6.45, 7) is 1.41. The lowest BCUT2D eigenvalue weighted by molar-refractivity contribution is -0.224. The van der Waals surface area contributed by atoms with Crippen LogP contribution in [0.2, 0.25) is 0 Å². The molecule has 32 heavy (non-hydrogen) atoms. The molecule has 0 saturated carbocycles. The third kappa shape index (κ3) is 11.4. The second kappa shape index (κ2) is 16.8. The van der Waals surface area contributed by atoms with Gasteiger partial charge >= 0.3 is 5.97 Å². The molecule has 0 spiro atoms. The third-order valence-corrected chi connectivity index (χ3v) is 6.20. The molecule has 4 atom stereocenters. The SMILES string of the molecule is CCCCCCCCCCCCCCCCC(O)(O)C(=O)O[C@H](CO)[C@H]1OC[C@H](O)[C@H]1O. The van der Waals surface area contributed by atoms with Crippen LogP contribution < -0.4 is 0 Å². The van der Waals surface area contributed by atoms with Gasteiger partial charge < -0.3 is 35.0 Å². The van der Waals surface area contributed by atoms with Crippen molar-refractivity contribution < 1.29 is 39.8 Å². The Morgan fingerprint density at radius 2 is 1.38 bits per heavy atom. The summed E-state index contributed by atoms with van der Waals surface area (Å²) in [4.78, 5) is 12.1. The number of hydrogen-bond donors (Lipinski definition) is 5. The molecule has 8 heteroatoms. The van der Waals surface area contributed by atoms with Crippen LogP contribution in [0.4, 0.5) is 0 Å². The molecule has 0 unspecified atom stereocenters. The fraction of sp³-hybridized carbons (Fsp3) is 0.958. The maximum Gasteiger partial charge on any atom is 0.366 e. The van der Waals surface area contributed by atoms with Crippen molar-refractivity contribution in [2.75, 3.05) is 13.2 Å². The molecule has 0 aliphatic carbocycles. The van der Waals surface area contributed by atoms with Crippen LogP contribution >= 0.6 is 0 Å². The molecule has 0 aromatic rings. The molecule has 0 bridgehead atoms. The van der Waals surface area contributed by atoms with Crippen molar-refractivity contribution in [1.29, 1.82) is 0 Å². The minimum atomic E-state index is -2.66. The van der Waals surface area contributed by atoms with E-state index in [0.717, 1.165) is 19.3 Å². The molecule has 0 aromatic carbocycles. The summed E-state index contributed by atoms with van der Waals surface area (Å²) in [5.41, 5.74) is 0. The lowest BCUT2D eigenvalue weighted by Gasteiger charge is -2.27.